The van der Waals surface area contributed by atoms with Gasteiger partial charge in [0.05, 0.1) is 12.8 Å². The second kappa shape index (κ2) is 28.0. The highest BCUT2D eigenvalue weighted by atomic mass is 16.6. The van der Waals surface area contributed by atoms with E-state index in [0.717, 1.165) is 96.3 Å². The Bertz CT molecular complexity index is 840. The van der Waals surface area contributed by atoms with Gasteiger partial charge in [-0.25, -0.2) is 4.79 Å². The summed E-state index contributed by atoms with van der Waals surface area (Å²) in [7, 11) is 0. The summed E-state index contributed by atoms with van der Waals surface area (Å²) in [5.74, 6) is -3.54. The molecule has 49 heavy (non-hydrogen) atoms. The molecule has 7 heteroatoms. The molecule has 0 aliphatic rings. The van der Waals surface area contributed by atoms with Crippen LogP contribution in [0.4, 0.5) is 0 Å². The van der Waals surface area contributed by atoms with Crippen LogP contribution in [-0.4, -0.2) is 44.4 Å². The molecule has 5 atom stereocenters. The zero-order chi connectivity index (χ0) is 37.1. The van der Waals surface area contributed by atoms with Crippen LogP contribution in [0.1, 0.15) is 215 Å². The third-order valence-corrected chi connectivity index (χ3v) is 11.2. The minimum atomic E-state index is -2.72. The van der Waals surface area contributed by atoms with Crippen LogP contribution in [0.2, 0.25) is 0 Å². The molecule has 0 radical (unpaired) electrons. The lowest BCUT2D eigenvalue weighted by molar-refractivity contribution is -0.201. The van der Waals surface area contributed by atoms with Crippen molar-refractivity contribution in [1.82, 2.24) is 0 Å². The molecule has 0 spiro atoms. The monoisotopic (exact) mass is 697 g/mol. The number of aliphatic hydroxyl groups is 1. The minimum absolute atomic E-state index is 0.0315. The molecular formula is C42H80O7. The van der Waals surface area contributed by atoms with E-state index in [2.05, 4.69) is 48.5 Å². The minimum Gasteiger partial charge on any atom is -0.481 e. The van der Waals surface area contributed by atoms with Gasteiger partial charge in [0.1, 0.15) is 5.60 Å². The van der Waals surface area contributed by atoms with Crippen LogP contribution in [0, 0.1) is 23.7 Å². The average Bonchev–Trinajstić information content (AvgIpc) is 3.04. The third kappa shape index (κ3) is 19.0. The quantitative estimate of drug-likeness (QED) is 0.0452. The van der Waals surface area contributed by atoms with Crippen molar-refractivity contribution in [2.75, 3.05) is 0 Å². The summed E-state index contributed by atoms with van der Waals surface area (Å²) in [4.78, 5) is 37.7. The molecule has 0 aromatic carbocycles. The summed E-state index contributed by atoms with van der Waals surface area (Å²) in [5.41, 5.74) is -3.56. The van der Waals surface area contributed by atoms with E-state index >= 15 is 0 Å². The zero-order valence-electron chi connectivity index (χ0n) is 33.2. The van der Waals surface area contributed by atoms with Crippen molar-refractivity contribution in [3.05, 3.63) is 0 Å². The largest absolute Gasteiger partial charge is 0.481 e. The lowest BCUT2D eigenvalue weighted by atomic mass is 9.61. The van der Waals surface area contributed by atoms with Crippen LogP contribution in [0.25, 0.3) is 0 Å². The second-order valence-electron chi connectivity index (χ2n) is 15.6. The number of hydrogen-bond acceptors (Lipinski definition) is 5. The Morgan fingerprint density at radius 1 is 0.531 bits per heavy atom. The van der Waals surface area contributed by atoms with Gasteiger partial charge in [-0.15, -0.1) is 0 Å². The molecule has 0 saturated carbocycles. The Hall–Kier alpha value is -1.63. The van der Waals surface area contributed by atoms with E-state index in [4.69, 9.17) is 4.74 Å². The molecule has 0 saturated heterocycles. The molecule has 290 valence electrons. The predicted molar refractivity (Wildman–Crippen MR) is 203 cm³/mol. The van der Waals surface area contributed by atoms with Gasteiger partial charge in [-0.3, -0.25) is 9.59 Å². The maximum atomic E-state index is 14.0. The van der Waals surface area contributed by atoms with Gasteiger partial charge >= 0.3 is 17.9 Å². The Balaban J connectivity index is 6.84. The first kappa shape index (κ1) is 47.4. The first-order valence-corrected chi connectivity index (χ1v) is 20.7. The van der Waals surface area contributed by atoms with Crippen molar-refractivity contribution in [1.29, 1.82) is 0 Å². The van der Waals surface area contributed by atoms with Crippen LogP contribution < -0.4 is 0 Å². The smallest absolute Gasteiger partial charge is 0.336 e. The van der Waals surface area contributed by atoms with Crippen LogP contribution >= 0.6 is 0 Å². The van der Waals surface area contributed by atoms with Gasteiger partial charge in [-0.1, -0.05) is 183 Å². The highest BCUT2D eigenvalue weighted by molar-refractivity contribution is 5.88. The average molecular weight is 697 g/mol. The SMILES string of the molecule is CCCCCCCCCCC(C(C)CCCCCC)C(OC(=O)CC(O)(CC(=O)O)C(=O)O)(C(C)CCCCCC)C(C)CCCCCC. The van der Waals surface area contributed by atoms with E-state index in [-0.39, 0.29) is 17.8 Å². The summed E-state index contributed by atoms with van der Waals surface area (Å²) in [6.07, 6.45) is 25.2. The van der Waals surface area contributed by atoms with Crippen LogP contribution in [-0.2, 0) is 19.1 Å². The van der Waals surface area contributed by atoms with Crippen LogP contribution in [0.3, 0.4) is 0 Å². The second-order valence-corrected chi connectivity index (χ2v) is 15.6. The molecular weight excluding hydrogens is 616 g/mol. The molecule has 3 N–H and O–H groups in total. The first-order valence-electron chi connectivity index (χ1n) is 20.7. The summed E-state index contributed by atoms with van der Waals surface area (Å²) in [6, 6.07) is 0. The fourth-order valence-corrected chi connectivity index (χ4v) is 8.18. The van der Waals surface area contributed by atoms with Gasteiger partial charge in [-0.05, 0) is 37.0 Å². The lowest BCUT2D eigenvalue weighted by Crippen LogP contribution is -2.56. The molecule has 0 aromatic rings. The summed E-state index contributed by atoms with van der Waals surface area (Å²) in [5, 5.41) is 30.2. The van der Waals surface area contributed by atoms with Crippen LogP contribution in [0.5, 0.6) is 0 Å². The first-order chi connectivity index (χ1) is 23.4. The molecule has 5 unspecified atom stereocenters. The number of hydrogen-bond donors (Lipinski definition) is 3. The maximum Gasteiger partial charge on any atom is 0.336 e. The van der Waals surface area contributed by atoms with Crippen molar-refractivity contribution in [3.63, 3.8) is 0 Å². The van der Waals surface area contributed by atoms with Crippen molar-refractivity contribution in [2.45, 2.75) is 227 Å². The summed E-state index contributed by atoms with van der Waals surface area (Å²) in [6.45, 7) is 15.7. The van der Waals surface area contributed by atoms with E-state index in [0.29, 0.717) is 5.92 Å². The number of carboxylic acid groups (broad SMARTS) is 2. The zero-order valence-corrected chi connectivity index (χ0v) is 33.2. The Morgan fingerprint density at radius 3 is 1.31 bits per heavy atom. The van der Waals surface area contributed by atoms with Crippen molar-refractivity contribution >= 4 is 17.9 Å². The fourth-order valence-electron chi connectivity index (χ4n) is 8.18. The number of carbonyl (C=O) groups excluding carboxylic acids is 1. The van der Waals surface area contributed by atoms with E-state index in [1.807, 2.05) is 0 Å². The summed E-state index contributed by atoms with van der Waals surface area (Å²) >= 11 is 0. The molecule has 0 bridgehead atoms. The molecule has 0 fully saturated rings. The van der Waals surface area contributed by atoms with Gasteiger partial charge in [0.2, 0.25) is 0 Å². The number of unbranched alkanes of at least 4 members (excludes halogenated alkanes) is 16. The van der Waals surface area contributed by atoms with Gasteiger partial charge in [0.15, 0.2) is 5.60 Å². The Labute approximate surface area is 302 Å². The molecule has 0 aliphatic carbocycles. The van der Waals surface area contributed by atoms with E-state index < -0.39 is 42.0 Å². The van der Waals surface area contributed by atoms with E-state index in [9.17, 15) is 29.7 Å². The molecule has 0 amide bonds. The van der Waals surface area contributed by atoms with Crippen molar-refractivity contribution < 1.29 is 34.4 Å². The standard InChI is InChI=1S/C42H80O7/c1-8-12-16-20-21-22-23-27-31-37(34(5)28-24-17-13-9-2)42(35(6)29-25-18-14-10-3,36(7)30-26-19-15-11-4)49-39(45)33-41(48,40(46)47)32-38(43)44/h34-37,48H,8-33H2,1-7H3,(H,43,44)(H,46,47). The molecule has 0 aromatic heterocycles. The third-order valence-electron chi connectivity index (χ3n) is 11.2. The molecule has 0 aliphatic heterocycles. The van der Waals surface area contributed by atoms with Crippen LogP contribution in [0.15, 0.2) is 0 Å². The van der Waals surface area contributed by atoms with E-state index in [1.54, 1.807) is 0 Å². The normalized spacial score (nSPS) is 16.7. The maximum absolute atomic E-state index is 14.0. The molecule has 0 rings (SSSR count). The van der Waals surface area contributed by atoms with Gasteiger partial charge in [-0.2, -0.15) is 0 Å². The molecule has 7 nitrogen and oxygen atoms in total. The number of aliphatic carboxylic acids is 2. The van der Waals surface area contributed by atoms with Crippen molar-refractivity contribution in [3.8, 4) is 0 Å². The number of carbonyl (C=O) groups is 3. The Morgan fingerprint density at radius 2 is 0.898 bits per heavy atom. The topological polar surface area (TPSA) is 121 Å². The number of rotatable bonds is 34. The summed E-state index contributed by atoms with van der Waals surface area (Å²) < 4.78 is 6.78. The lowest BCUT2D eigenvalue weighted by Gasteiger charge is -2.51. The van der Waals surface area contributed by atoms with Gasteiger partial charge in [0, 0.05) is 5.92 Å². The van der Waals surface area contributed by atoms with Gasteiger partial charge in [0.25, 0.3) is 0 Å². The van der Waals surface area contributed by atoms with Gasteiger partial charge < -0.3 is 20.1 Å². The van der Waals surface area contributed by atoms with E-state index in [1.165, 1.54) is 57.8 Å². The number of ether oxygens (including phenoxy) is 1. The predicted octanol–water partition coefficient (Wildman–Crippen LogP) is 11.9. The number of carboxylic acids is 2. The highest BCUT2D eigenvalue weighted by Gasteiger charge is 2.53. The Kier molecular flexibility index (Phi) is 27.1. The molecule has 0 heterocycles. The van der Waals surface area contributed by atoms with Crippen molar-refractivity contribution in [2.24, 2.45) is 23.7 Å². The fraction of sp³-hybridized carbons (Fsp3) is 0.929. The highest BCUT2D eigenvalue weighted by Crippen LogP contribution is 2.49. The number of esters is 1.